The lowest BCUT2D eigenvalue weighted by atomic mass is 10.2. The summed E-state index contributed by atoms with van der Waals surface area (Å²) < 4.78 is 4.85. The molecule has 0 saturated carbocycles. The van der Waals surface area contributed by atoms with Crippen LogP contribution in [0.15, 0.2) is 34.9 Å². The van der Waals surface area contributed by atoms with Crippen LogP contribution in [0.25, 0.3) is 0 Å². The fourth-order valence-corrected chi connectivity index (χ4v) is 2.02. The predicted octanol–water partition coefficient (Wildman–Crippen LogP) is 2.46. The molecule has 2 aromatic rings. The van der Waals surface area contributed by atoms with E-state index in [1.807, 2.05) is 6.07 Å². The van der Waals surface area contributed by atoms with E-state index in [-0.39, 0.29) is 0 Å². The molecule has 0 aliphatic carbocycles. The second-order valence-electron chi connectivity index (χ2n) is 4.99. The lowest BCUT2D eigenvalue weighted by Gasteiger charge is -2.13. The van der Waals surface area contributed by atoms with Gasteiger partial charge in [-0.05, 0) is 31.5 Å². The number of rotatable bonds is 5. The molecule has 0 saturated heterocycles. The molecule has 8 heteroatoms. The van der Waals surface area contributed by atoms with Crippen molar-refractivity contribution in [2.24, 2.45) is 0 Å². The fourth-order valence-electron chi connectivity index (χ4n) is 1.80. The molecule has 1 atom stereocenters. The summed E-state index contributed by atoms with van der Waals surface area (Å²) in [7, 11) is 0. The van der Waals surface area contributed by atoms with Crippen LogP contribution in [0.1, 0.15) is 18.2 Å². The number of hydrogen-bond acceptors (Lipinski definition) is 4. The third-order valence-electron chi connectivity index (χ3n) is 2.96. The molecule has 0 aliphatic rings. The maximum absolute atomic E-state index is 11.9. The Hall–Kier alpha value is -2.54. The molecule has 3 amide bonds. The highest BCUT2D eigenvalue weighted by Gasteiger charge is 2.16. The first-order valence-electron chi connectivity index (χ1n) is 6.97. The molecule has 0 aliphatic heterocycles. The Morgan fingerprint density at radius 3 is 2.78 bits per heavy atom. The molecule has 2 rings (SSSR count). The summed E-state index contributed by atoms with van der Waals surface area (Å²) in [6.45, 7) is 3.60. The maximum Gasteiger partial charge on any atom is 0.315 e. The molecule has 7 nitrogen and oxygen atoms in total. The summed E-state index contributed by atoms with van der Waals surface area (Å²) >= 11 is 5.87. The first-order valence-corrected chi connectivity index (χ1v) is 7.35. The number of aromatic nitrogens is 1. The number of halogens is 1. The van der Waals surface area contributed by atoms with Crippen LogP contribution in [0.5, 0.6) is 0 Å². The van der Waals surface area contributed by atoms with E-state index < -0.39 is 18.0 Å². The maximum atomic E-state index is 11.9. The van der Waals surface area contributed by atoms with Crippen molar-refractivity contribution in [3.8, 4) is 0 Å². The van der Waals surface area contributed by atoms with Gasteiger partial charge in [-0.25, -0.2) is 4.79 Å². The van der Waals surface area contributed by atoms with E-state index in [1.165, 1.54) is 0 Å². The zero-order valence-corrected chi connectivity index (χ0v) is 13.5. The van der Waals surface area contributed by atoms with Crippen LogP contribution in [0.3, 0.4) is 0 Å². The van der Waals surface area contributed by atoms with Crippen molar-refractivity contribution in [2.75, 3.05) is 5.32 Å². The van der Waals surface area contributed by atoms with Crippen LogP contribution >= 0.6 is 11.6 Å². The molecule has 122 valence electrons. The smallest absolute Gasteiger partial charge is 0.315 e. The third kappa shape index (κ3) is 5.30. The molecular formula is C15H17ClN4O3. The van der Waals surface area contributed by atoms with Gasteiger partial charge in [-0.3, -0.25) is 4.79 Å². The predicted molar refractivity (Wildman–Crippen MR) is 86.2 cm³/mol. The van der Waals surface area contributed by atoms with Gasteiger partial charge in [-0.1, -0.05) is 28.9 Å². The van der Waals surface area contributed by atoms with E-state index >= 15 is 0 Å². The summed E-state index contributed by atoms with van der Waals surface area (Å²) in [6.07, 6.45) is 0. The van der Waals surface area contributed by atoms with Gasteiger partial charge in [0.15, 0.2) is 5.82 Å². The minimum absolute atomic E-state index is 0.306. The van der Waals surface area contributed by atoms with Crippen molar-refractivity contribution in [3.05, 3.63) is 46.7 Å². The van der Waals surface area contributed by atoms with E-state index in [2.05, 4.69) is 21.1 Å². The largest absolute Gasteiger partial charge is 0.360 e. The Morgan fingerprint density at radius 1 is 1.35 bits per heavy atom. The van der Waals surface area contributed by atoms with E-state index in [0.29, 0.717) is 23.1 Å². The monoisotopic (exact) mass is 336 g/mol. The topological polar surface area (TPSA) is 96.3 Å². The van der Waals surface area contributed by atoms with Crippen LogP contribution in [0, 0.1) is 6.92 Å². The van der Waals surface area contributed by atoms with Gasteiger partial charge in [-0.15, -0.1) is 0 Å². The van der Waals surface area contributed by atoms with Crippen molar-refractivity contribution in [2.45, 2.75) is 26.4 Å². The number of nitrogens with zero attached hydrogens (tertiary/aromatic N) is 1. The minimum atomic E-state index is -0.730. The molecule has 0 unspecified atom stereocenters. The quantitative estimate of drug-likeness (QED) is 0.781. The number of urea groups is 1. The molecule has 1 heterocycles. The summed E-state index contributed by atoms with van der Waals surface area (Å²) in [5, 5.41) is 12.0. The molecule has 0 bridgehead atoms. The Bertz CT molecular complexity index is 702. The van der Waals surface area contributed by atoms with Crippen molar-refractivity contribution < 1.29 is 14.1 Å². The zero-order chi connectivity index (χ0) is 16.8. The highest BCUT2D eigenvalue weighted by Crippen LogP contribution is 2.10. The first kappa shape index (κ1) is 16.8. The van der Waals surface area contributed by atoms with Crippen molar-refractivity contribution in [1.82, 2.24) is 15.8 Å². The first-order chi connectivity index (χ1) is 10.9. The van der Waals surface area contributed by atoms with Gasteiger partial charge in [0.1, 0.15) is 11.8 Å². The van der Waals surface area contributed by atoms with Crippen LogP contribution < -0.4 is 16.0 Å². The number of amides is 3. The second-order valence-corrected chi connectivity index (χ2v) is 5.43. The van der Waals surface area contributed by atoms with Gasteiger partial charge in [0.05, 0.1) is 0 Å². The van der Waals surface area contributed by atoms with Gasteiger partial charge >= 0.3 is 6.03 Å². The molecule has 0 radical (unpaired) electrons. The number of nitrogens with one attached hydrogen (secondary N) is 3. The number of carbonyl (C=O) groups is 2. The molecule has 0 fully saturated rings. The summed E-state index contributed by atoms with van der Waals surface area (Å²) in [6, 6.07) is 7.55. The molecule has 0 spiro atoms. The number of hydrogen-bond donors (Lipinski definition) is 3. The van der Waals surface area contributed by atoms with Gasteiger partial charge in [0.2, 0.25) is 5.91 Å². The highest BCUT2D eigenvalue weighted by molar-refractivity contribution is 6.30. The summed E-state index contributed by atoms with van der Waals surface area (Å²) in [4.78, 5) is 23.7. The Kier molecular flexibility index (Phi) is 5.59. The van der Waals surface area contributed by atoms with E-state index in [0.717, 1.165) is 5.56 Å². The molecule has 23 heavy (non-hydrogen) atoms. The van der Waals surface area contributed by atoms with Gasteiger partial charge in [0.25, 0.3) is 0 Å². The standard InChI is InChI=1S/C15H17ClN4O3/c1-9-6-13(20-23-9)19-14(21)10(2)18-15(22)17-8-11-4-3-5-12(16)7-11/h3-7,10H,8H2,1-2H3,(H2,17,18,22)(H,19,20,21)/t10-/m0/s1. The van der Waals surface area contributed by atoms with E-state index in [4.69, 9.17) is 16.1 Å². The Balaban J connectivity index is 1.78. The Labute approximate surface area is 138 Å². The van der Waals surface area contributed by atoms with Crippen molar-refractivity contribution in [3.63, 3.8) is 0 Å². The van der Waals surface area contributed by atoms with Crippen LogP contribution in [0.2, 0.25) is 5.02 Å². The van der Waals surface area contributed by atoms with Crippen molar-refractivity contribution in [1.29, 1.82) is 0 Å². The second kappa shape index (κ2) is 7.64. The third-order valence-corrected chi connectivity index (χ3v) is 3.20. The van der Waals surface area contributed by atoms with Gasteiger partial charge in [-0.2, -0.15) is 0 Å². The average molecular weight is 337 g/mol. The molecule has 1 aromatic heterocycles. The van der Waals surface area contributed by atoms with Gasteiger partial charge < -0.3 is 20.5 Å². The van der Waals surface area contributed by atoms with Crippen LogP contribution in [-0.4, -0.2) is 23.1 Å². The van der Waals surface area contributed by atoms with Crippen LogP contribution in [-0.2, 0) is 11.3 Å². The summed E-state index contributed by atoms with van der Waals surface area (Å²) in [5.74, 6) is 0.497. The summed E-state index contributed by atoms with van der Waals surface area (Å²) in [5.41, 5.74) is 0.864. The van der Waals surface area contributed by atoms with Crippen molar-refractivity contribution >= 4 is 29.4 Å². The lowest BCUT2D eigenvalue weighted by molar-refractivity contribution is -0.117. The number of aryl methyl sites for hydroxylation is 1. The minimum Gasteiger partial charge on any atom is -0.360 e. The lowest BCUT2D eigenvalue weighted by Crippen LogP contribution is -2.46. The number of benzene rings is 1. The zero-order valence-electron chi connectivity index (χ0n) is 12.7. The number of carbonyl (C=O) groups excluding carboxylic acids is 2. The average Bonchev–Trinajstić information content (AvgIpc) is 2.90. The molecular weight excluding hydrogens is 320 g/mol. The molecule has 3 N–H and O–H groups in total. The molecule has 1 aromatic carbocycles. The van der Waals surface area contributed by atoms with Crippen LogP contribution in [0.4, 0.5) is 10.6 Å². The number of anilines is 1. The highest BCUT2D eigenvalue weighted by atomic mass is 35.5. The van der Waals surface area contributed by atoms with Gasteiger partial charge in [0, 0.05) is 17.6 Å². The Morgan fingerprint density at radius 2 is 2.13 bits per heavy atom. The SMILES string of the molecule is Cc1cc(NC(=O)[C@H](C)NC(=O)NCc2cccc(Cl)c2)no1. The van der Waals surface area contributed by atoms with E-state index in [9.17, 15) is 9.59 Å². The normalized spacial score (nSPS) is 11.6. The van der Waals surface area contributed by atoms with E-state index in [1.54, 1.807) is 38.1 Å². The fraction of sp³-hybridized carbons (Fsp3) is 0.267.